The Bertz CT molecular complexity index is 510. The van der Waals surface area contributed by atoms with Crippen molar-refractivity contribution >= 4 is 6.09 Å². The monoisotopic (exact) mass is 290 g/mol. The van der Waals surface area contributed by atoms with Gasteiger partial charge < -0.3 is 20.8 Å². The summed E-state index contributed by atoms with van der Waals surface area (Å²) in [5, 5.41) is 25.5. The molecule has 0 saturated heterocycles. The first-order valence-corrected chi connectivity index (χ1v) is 7.52. The molecular weight excluding hydrogens is 268 g/mol. The smallest absolute Gasteiger partial charge is 0.405 e. The fourth-order valence-corrected chi connectivity index (χ4v) is 3.83. The summed E-state index contributed by atoms with van der Waals surface area (Å²) >= 11 is 0. The highest BCUT2D eigenvalue weighted by molar-refractivity contribution is 5.66. The number of rotatable bonds is 4. The minimum Gasteiger partial charge on any atom is -0.465 e. The summed E-state index contributed by atoms with van der Waals surface area (Å²) in [6, 6.07) is 10.2. The molecule has 1 aromatic carbocycles. The van der Waals surface area contributed by atoms with E-state index in [0.717, 1.165) is 19.4 Å². The maximum atomic E-state index is 10.9. The second-order valence-electron chi connectivity index (χ2n) is 6.43. The zero-order valence-corrected chi connectivity index (χ0v) is 12.0. The molecule has 1 amide bonds. The zero-order valence-electron chi connectivity index (χ0n) is 12.0. The van der Waals surface area contributed by atoms with Gasteiger partial charge in [-0.1, -0.05) is 30.3 Å². The Morgan fingerprint density at radius 1 is 1.19 bits per heavy atom. The Kier molecular flexibility index (Phi) is 3.63. The van der Waals surface area contributed by atoms with Gasteiger partial charge in [0.15, 0.2) is 0 Å². The molecule has 4 rings (SSSR count). The van der Waals surface area contributed by atoms with Crippen LogP contribution in [0.5, 0.6) is 0 Å². The molecule has 0 heterocycles. The highest BCUT2D eigenvalue weighted by atomic mass is 16.4. The topological polar surface area (TPSA) is 81.6 Å². The summed E-state index contributed by atoms with van der Waals surface area (Å²) in [5.41, 5.74) is 0.534. The Balaban J connectivity index is 1.65. The molecule has 5 heteroatoms. The van der Waals surface area contributed by atoms with E-state index in [9.17, 15) is 9.90 Å². The van der Waals surface area contributed by atoms with Gasteiger partial charge in [-0.2, -0.15) is 0 Å². The number of hydrogen-bond acceptors (Lipinski definition) is 3. The number of hydrogen-bond donors (Lipinski definition) is 4. The molecule has 114 valence electrons. The summed E-state index contributed by atoms with van der Waals surface area (Å²) in [7, 11) is 0. The summed E-state index contributed by atoms with van der Waals surface area (Å²) in [6.07, 6.45) is 2.15. The quantitative estimate of drug-likeness (QED) is 0.682. The SMILES string of the molecule is O=C(O)NC12CCC(NCc3ccccc3)(CC1)CC2O. The summed E-state index contributed by atoms with van der Waals surface area (Å²) in [5.74, 6) is 0. The fraction of sp³-hybridized carbons (Fsp3) is 0.562. The maximum absolute atomic E-state index is 10.9. The van der Waals surface area contributed by atoms with Gasteiger partial charge in [0, 0.05) is 12.1 Å². The molecule has 0 spiro atoms. The van der Waals surface area contributed by atoms with Gasteiger partial charge in [-0.15, -0.1) is 0 Å². The van der Waals surface area contributed by atoms with E-state index < -0.39 is 17.7 Å². The number of amides is 1. The van der Waals surface area contributed by atoms with E-state index in [4.69, 9.17) is 5.11 Å². The molecule has 0 radical (unpaired) electrons. The Morgan fingerprint density at radius 2 is 1.86 bits per heavy atom. The van der Waals surface area contributed by atoms with Crippen molar-refractivity contribution in [2.45, 2.75) is 55.8 Å². The summed E-state index contributed by atoms with van der Waals surface area (Å²) < 4.78 is 0. The molecule has 3 saturated carbocycles. The van der Waals surface area contributed by atoms with Gasteiger partial charge in [0.2, 0.25) is 0 Å². The van der Waals surface area contributed by atoms with Gasteiger partial charge in [0.05, 0.1) is 11.6 Å². The van der Waals surface area contributed by atoms with Crippen LogP contribution in [0.3, 0.4) is 0 Å². The molecule has 1 unspecified atom stereocenters. The average molecular weight is 290 g/mol. The zero-order chi connectivity index (χ0) is 14.9. The van der Waals surface area contributed by atoms with E-state index in [0.29, 0.717) is 19.3 Å². The van der Waals surface area contributed by atoms with Crippen molar-refractivity contribution in [3.05, 3.63) is 35.9 Å². The lowest BCUT2D eigenvalue weighted by molar-refractivity contribution is -0.0594. The summed E-state index contributed by atoms with van der Waals surface area (Å²) in [6.45, 7) is 0.785. The van der Waals surface area contributed by atoms with Crippen LogP contribution in [0.15, 0.2) is 30.3 Å². The third-order valence-corrected chi connectivity index (χ3v) is 5.19. The van der Waals surface area contributed by atoms with Crippen molar-refractivity contribution < 1.29 is 15.0 Å². The van der Waals surface area contributed by atoms with Gasteiger partial charge in [-0.05, 0) is 37.7 Å². The third kappa shape index (κ3) is 2.76. The van der Waals surface area contributed by atoms with Crippen LogP contribution in [0.2, 0.25) is 0 Å². The number of aliphatic hydroxyl groups is 1. The predicted molar refractivity (Wildman–Crippen MR) is 79.0 cm³/mol. The van der Waals surface area contributed by atoms with E-state index in [1.165, 1.54) is 5.56 Å². The van der Waals surface area contributed by atoms with Crippen molar-refractivity contribution in [3.63, 3.8) is 0 Å². The molecule has 0 aromatic heterocycles. The molecule has 4 N–H and O–H groups in total. The van der Waals surface area contributed by atoms with Gasteiger partial charge in [0.25, 0.3) is 0 Å². The van der Waals surface area contributed by atoms with E-state index >= 15 is 0 Å². The lowest BCUT2D eigenvalue weighted by atomic mass is 9.60. The van der Waals surface area contributed by atoms with Crippen LogP contribution < -0.4 is 10.6 Å². The molecular formula is C16H22N2O3. The molecule has 21 heavy (non-hydrogen) atoms. The second kappa shape index (κ2) is 5.31. The van der Waals surface area contributed by atoms with E-state index in [1.807, 2.05) is 18.2 Å². The Hall–Kier alpha value is -1.59. The first-order chi connectivity index (χ1) is 10.0. The first-order valence-electron chi connectivity index (χ1n) is 7.52. The van der Waals surface area contributed by atoms with Gasteiger partial charge in [0.1, 0.15) is 0 Å². The van der Waals surface area contributed by atoms with Crippen LogP contribution in [0.1, 0.15) is 37.7 Å². The van der Waals surface area contributed by atoms with E-state index in [1.54, 1.807) is 0 Å². The largest absolute Gasteiger partial charge is 0.465 e. The van der Waals surface area contributed by atoms with Crippen LogP contribution in [-0.4, -0.2) is 33.5 Å². The normalized spacial score (nSPS) is 34.6. The van der Waals surface area contributed by atoms with Gasteiger partial charge in [-0.3, -0.25) is 0 Å². The molecule has 2 bridgehead atoms. The fourth-order valence-electron chi connectivity index (χ4n) is 3.83. The van der Waals surface area contributed by atoms with Crippen molar-refractivity contribution in [1.29, 1.82) is 0 Å². The van der Waals surface area contributed by atoms with E-state index in [-0.39, 0.29) is 5.54 Å². The highest BCUT2D eigenvalue weighted by Gasteiger charge is 2.54. The Labute approximate surface area is 124 Å². The standard InChI is InChI=1S/C16H22N2O3/c19-13-10-15(17-11-12-4-2-1-3-5-12)6-8-16(13,9-7-15)18-14(20)21/h1-5,13,17-19H,6-11H2,(H,20,21). The number of benzene rings is 1. The lowest BCUT2D eigenvalue weighted by Gasteiger charge is -2.56. The lowest BCUT2D eigenvalue weighted by Crippen LogP contribution is -2.69. The van der Waals surface area contributed by atoms with Crippen LogP contribution in [0, 0.1) is 0 Å². The number of fused-ring (bicyclic) bond motifs is 3. The maximum Gasteiger partial charge on any atom is 0.405 e. The van der Waals surface area contributed by atoms with Crippen molar-refractivity contribution in [2.75, 3.05) is 0 Å². The first kappa shape index (κ1) is 14.4. The minimum atomic E-state index is -1.04. The second-order valence-corrected chi connectivity index (χ2v) is 6.43. The Morgan fingerprint density at radius 3 is 2.43 bits per heavy atom. The molecule has 1 atom stereocenters. The molecule has 3 aliphatic rings. The van der Waals surface area contributed by atoms with Crippen LogP contribution in [-0.2, 0) is 6.54 Å². The van der Waals surface area contributed by atoms with Gasteiger partial charge >= 0.3 is 6.09 Å². The predicted octanol–water partition coefficient (Wildman–Crippen LogP) is 1.86. The minimum absolute atomic E-state index is 0.0583. The van der Waals surface area contributed by atoms with Gasteiger partial charge in [-0.25, -0.2) is 4.79 Å². The van der Waals surface area contributed by atoms with Crippen molar-refractivity contribution in [1.82, 2.24) is 10.6 Å². The number of carboxylic acid groups (broad SMARTS) is 1. The molecule has 3 aliphatic carbocycles. The van der Waals surface area contributed by atoms with E-state index in [2.05, 4.69) is 22.8 Å². The molecule has 3 fully saturated rings. The molecule has 0 aliphatic heterocycles. The average Bonchev–Trinajstić information content (AvgIpc) is 2.48. The third-order valence-electron chi connectivity index (χ3n) is 5.19. The van der Waals surface area contributed by atoms with Crippen LogP contribution in [0.25, 0.3) is 0 Å². The number of carbonyl (C=O) groups is 1. The number of aliphatic hydroxyl groups excluding tert-OH is 1. The van der Waals surface area contributed by atoms with Crippen LogP contribution >= 0.6 is 0 Å². The van der Waals surface area contributed by atoms with Crippen molar-refractivity contribution in [2.24, 2.45) is 0 Å². The van der Waals surface area contributed by atoms with Crippen molar-refractivity contribution in [3.8, 4) is 0 Å². The highest BCUT2D eigenvalue weighted by Crippen LogP contribution is 2.47. The molecule has 1 aromatic rings. The number of nitrogens with one attached hydrogen (secondary N) is 2. The molecule has 5 nitrogen and oxygen atoms in total. The summed E-state index contributed by atoms with van der Waals surface area (Å²) in [4.78, 5) is 10.9. The van der Waals surface area contributed by atoms with Crippen LogP contribution in [0.4, 0.5) is 4.79 Å².